The van der Waals surface area contributed by atoms with Crippen LogP contribution in [0, 0.1) is 0 Å². The molecule has 3 heteroatoms. The lowest BCUT2D eigenvalue weighted by atomic mass is 10.0. The van der Waals surface area contributed by atoms with Gasteiger partial charge in [0, 0.05) is 15.3 Å². The van der Waals surface area contributed by atoms with Crippen molar-refractivity contribution in [3.8, 4) is 0 Å². The molecule has 1 nitrogen and oxygen atoms in total. The Morgan fingerprint density at radius 1 is 1.24 bits per heavy atom. The summed E-state index contributed by atoms with van der Waals surface area (Å²) in [6, 6.07) is 7.69. The van der Waals surface area contributed by atoms with E-state index in [1.54, 1.807) is 0 Å². The zero-order chi connectivity index (χ0) is 12.1. The monoisotopic (exact) mass is 312 g/mol. The van der Waals surface area contributed by atoms with Crippen LogP contribution in [-0.2, 0) is 0 Å². The van der Waals surface area contributed by atoms with Gasteiger partial charge in [-0.2, -0.15) is 11.8 Å². The van der Waals surface area contributed by atoms with Crippen molar-refractivity contribution in [3.05, 3.63) is 34.3 Å². The van der Waals surface area contributed by atoms with Crippen molar-refractivity contribution in [1.29, 1.82) is 0 Å². The Hall–Kier alpha value is -0.280. The first-order chi connectivity index (χ1) is 8.27. The van der Waals surface area contributed by atoms with Gasteiger partial charge in [-0.25, -0.2) is 0 Å². The van der Waals surface area contributed by atoms with Crippen molar-refractivity contribution >= 4 is 33.5 Å². The predicted molar refractivity (Wildman–Crippen MR) is 77.8 cm³/mol. The van der Waals surface area contributed by atoms with Crippen LogP contribution in [-0.4, -0.2) is 16.8 Å². The molecule has 0 unspecified atom stereocenters. The van der Waals surface area contributed by atoms with Gasteiger partial charge < -0.3 is 0 Å². The van der Waals surface area contributed by atoms with Crippen LogP contribution in [0.3, 0.4) is 0 Å². The summed E-state index contributed by atoms with van der Waals surface area (Å²) < 4.78 is 0.911. The average Bonchev–Trinajstić information content (AvgIpc) is 2.38. The third-order valence-electron chi connectivity index (χ3n) is 3.18. The van der Waals surface area contributed by atoms with E-state index >= 15 is 0 Å². The average molecular weight is 313 g/mol. The Balaban J connectivity index is 1.87. The number of carbonyl (C=O) groups excluding carboxylic acids is 1. The molecule has 1 fully saturated rings. The molecule has 0 aliphatic heterocycles. The van der Waals surface area contributed by atoms with Crippen LogP contribution in [0.2, 0.25) is 0 Å². The van der Waals surface area contributed by atoms with E-state index < -0.39 is 0 Å². The van der Waals surface area contributed by atoms with Gasteiger partial charge in [0.2, 0.25) is 0 Å². The summed E-state index contributed by atoms with van der Waals surface area (Å²) >= 11 is 5.27. The fraction of sp³-hybridized carbons (Fsp3) is 0.500. The van der Waals surface area contributed by atoms with E-state index in [2.05, 4.69) is 15.9 Å². The lowest BCUT2D eigenvalue weighted by Gasteiger charge is -2.20. The third-order valence-corrected chi connectivity index (χ3v) is 5.24. The number of benzene rings is 1. The number of halogens is 1. The summed E-state index contributed by atoms with van der Waals surface area (Å²) in [4.78, 5) is 12.1. The second-order valence-electron chi connectivity index (χ2n) is 4.47. The SMILES string of the molecule is O=C(CSC1CCCCC1)c1ccccc1Br. The normalized spacial score (nSPS) is 17.0. The van der Waals surface area contributed by atoms with E-state index in [4.69, 9.17) is 0 Å². The summed E-state index contributed by atoms with van der Waals surface area (Å²) in [5, 5.41) is 0.704. The number of hydrogen-bond acceptors (Lipinski definition) is 2. The first-order valence-electron chi connectivity index (χ1n) is 6.16. The van der Waals surface area contributed by atoms with Crippen LogP contribution in [0.4, 0.5) is 0 Å². The van der Waals surface area contributed by atoms with Gasteiger partial charge in [0.1, 0.15) is 0 Å². The lowest BCUT2D eigenvalue weighted by Crippen LogP contribution is -2.12. The first kappa shape index (κ1) is 13.2. The molecule has 0 N–H and O–H groups in total. The molecule has 0 heterocycles. The van der Waals surface area contributed by atoms with Crippen LogP contribution in [0.5, 0.6) is 0 Å². The molecule has 1 aromatic carbocycles. The highest BCUT2D eigenvalue weighted by atomic mass is 79.9. The zero-order valence-corrected chi connectivity index (χ0v) is 12.2. The molecular formula is C14H17BrOS. The fourth-order valence-corrected chi connectivity index (χ4v) is 3.91. The molecule has 2 rings (SSSR count). The van der Waals surface area contributed by atoms with Gasteiger partial charge >= 0.3 is 0 Å². The van der Waals surface area contributed by atoms with E-state index in [0.29, 0.717) is 11.0 Å². The van der Waals surface area contributed by atoms with Crippen LogP contribution < -0.4 is 0 Å². The number of hydrogen-bond donors (Lipinski definition) is 0. The fourth-order valence-electron chi connectivity index (χ4n) is 2.19. The molecule has 1 aromatic rings. The molecule has 1 aliphatic carbocycles. The van der Waals surface area contributed by atoms with Crippen molar-refractivity contribution in [3.63, 3.8) is 0 Å². The summed E-state index contributed by atoms with van der Waals surface area (Å²) in [5.74, 6) is 0.862. The van der Waals surface area contributed by atoms with Gasteiger partial charge in [0.25, 0.3) is 0 Å². The Bertz CT molecular complexity index is 386. The number of ketones is 1. The van der Waals surface area contributed by atoms with Gasteiger partial charge in [0.05, 0.1) is 5.75 Å². The predicted octanol–water partition coefficient (Wildman–Crippen LogP) is 4.70. The van der Waals surface area contributed by atoms with Crippen LogP contribution >= 0.6 is 27.7 Å². The molecule has 92 valence electrons. The summed E-state index contributed by atoms with van der Waals surface area (Å²) in [5.41, 5.74) is 0.816. The van der Waals surface area contributed by atoms with Crippen molar-refractivity contribution in [2.45, 2.75) is 37.4 Å². The van der Waals surface area contributed by atoms with E-state index in [9.17, 15) is 4.79 Å². The molecule has 0 saturated heterocycles. The molecule has 1 saturated carbocycles. The van der Waals surface area contributed by atoms with E-state index in [1.165, 1.54) is 32.1 Å². The minimum absolute atomic E-state index is 0.244. The lowest BCUT2D eigenvalue weighted by molar-refractivity contribution is 0.102. The Morgan fingerprint density at radius 3 is 2.65 bits per heavy atom. The Kier molecular flexibility index (Phi) is 5.11. The van der Waals surface area contributed by atoms with Gasteiger partial charge in [-0.15, -0.1) is 0 Å². The van der Waals surface area contributed by atoms with Crippen molar-refractivity contribution in [2.75, 3.05) is 5.75 Å². The van der Waals surface area contributed by atoms with Gasteiger partial charge in [0.15, 0.2) is 5.78 Å². The van der Waals surface area contributed by atoms with Gasteiger partial charge in [-0.05, 0) is 18.9 Å². The largest absolute Gasteiger partial charge is 0.293 e. The second-order valence-corrected chi connectivity index (χ2v) is 6.62. The minimum atomic E-state index is 0.244. The zero-order valence-electron chi connectivity index (χ0n) is 9.82. The Labute approximate surface area is 115 Å². The minimum Gasteiger partial charge on any atom is -0.293 e. The molecule has 0 atom stereocenters. The molecule has 1 aliphatic rings. The van der Waals surface area contributed by atoms with E-state index in [0.717, 1.165) is 10.0 Å². The molecule has 17 heavy (non-hydrogen) atoms. The smallest absolute Gasteiger partial charge is 0.173 e. The highest BCUT2D eigenvalue weighted by Gasteiger charge is 2.16. The first-order valence-corrected chi connectivity index (χ1v) is 8.01. The molecule has 0 spiro atoms. The van der Waals surface area contributed by atoms with Crippen LogP contribution in [0.15, 0.2) is 28.7 Å². The molecular weight excluding hydrogens is 296 g/mol. The summed E-state index contributed by atoms with van der Waals surface area (Å²) in [6.45, 7) is 0. The van der Waals surface area contributed by atoms with Crippen LogP contribution in [0.25, 0.3) is 0 Å². The third kappa shape index (κ3) is 3.85. The maximum absolute atomic E-state index is 12.1. The van der Waals surface area contributed by atoms with Gasteiger partial charge in [-0.1, -0.05) is 53.4 Å². The second kappa shape index (κ2) is 6.60. The molecule has 0 amide bonds. The quantitative estimate of drug-likeness (QED) is 0.750. The summed E-state index contributed by atoms with van der Waals surface area (Å²) in [6.07, 6.45) is 6.61. The highest BCUT2D eigenvalue weighted by molar-refractivity contribution is 9.10. The number of Topliss-reactive ketones (excluding diaryl/α,β-unsaturated/α-hetero) is 1. The maximum Gasteiger partial charge on any atom is 0.173 e. The van der Waals surface area contributed by atoms with E-state index in [-0.39, 0.29) is 5.78 Å². The van der Waals surface area contributed by atoms with Crippen molar-refractivity contribution < 1.29 is 4.79 Å². The highest BCUT2D eigenvalue weighted by Crippen LogP contribution is 2.29. The topological polar surface area (TPSA) is 17.1 Å². The molecule has 0 bridgehead atoms. The molecule has 0 radical (unpaired) electrons. The maximum atomic E-state index is 12.1. The van der Waals surface area contributed by atoms with E-state index in [1.807, 2.05) is 36.0 Å². The number of thioether (sulfide) groups is 1. The molecule has 0 aromatic heterocycles. The van der Waals surface area contributed by atoms with Crippen molar-refractivity contribution in [1.82, 2.24) is 0 Å². The Morgan fingerprint density at radius 2 is 1.94 bits per heavy atom. The van der Waals surface area contributed by atoms with Gasteiger partial charge in [-0.3, -0.25) is 4.79 Å². The number of rotatable bonds is 4. The standard InChI is InChI=1S/C14H17BrOS/c15-13-9-5-4-8-12(13)14(16)10-17-11-6-2-1-3-7-11/h4-5,8-9,11H,1-3,6-7,10H2. The summed E-state index contributed by atoms with van der Waals surface area (Å²) in [7, 11) is 0. The number of carbonyl (C=O) groups is 1. The van der Waals surface area contributed by atoms with Crippen LogP contribution in [0.1, 0.15) is 42.5 Å². The van der Waals surface area contributed by atoms with Crippen molar-refractivity contribution in [2.24, 2.45) is 0 Å².